The van der Waals surface area contributed by atoms with Gasteiger partial charge in [0.05, 0.1) is 6.61 Å². The summed E-state index contributed by atoms with van der Waals surface area (Å²) in [6.45, 7) is 0.153. The van der Waals surface area contributed by atoms with Crippen LogP contribution < -0.4 is 5.43 Å². The summed E-state index contributed by atoms with van der Waals surface area (Å²) in [5.41, 5.74) is -0.996. The summed E-state index contributed by atoms with van der Waals surface area (Å²) < 4.78 is 44.4. The van der Waals surface area contributed by atoms with Gasteiger partial charge in [0.25, 0.3) is 11.6 Å². The molecule has 5 nitrogen and oxygen atoms in total. The van der Waals surface area contributed by atoms with Crippen LogP contribution in [0, 0.1) is 0 Å². The summed E-state index contributed by atoms with van der Waals surface area (Å²) in [4.78, 5) is 12.3. The largest absolute Gasteiger partial charge is 0.442 e. The maximum atomic E-state index is 13.2. The van der Waals surface area contributed by atoms with Crippen molar-refractivity contribution in [3.63, 3.8) is 0 Å². The number of hydrogen-bond donors (Lipinski definition) is 2. The average molecular weight is 316 g/mol. The van der Waals surface area contributed by atoms with Crippen molar-refractivity contribution in [2.75, 3.05) is 13.7 Å². The van der Waals surface area contributed by atoms with Crippen LogP contribution in [0.5, 0.6) is 0 Å². The van der Waals surface area contributed by atoms with Gasteiger partial charge in [0.1, 0.15) is 0 Å². The third-order valence-corrected chi connectivity index (χ3v) is 3.19. The summed E-state index contributed by atoms with van der Waals surface area (Å²) >= 11 is 0. The molecule has 0 radical (unpaired) electrons. The van der Waals surface area contributed by atoms with Gasteiger partial charge in [-0.15, -0.1) is 0 Å². The molecular formula is C14H15F3N2O3. The van der Waals surface area contributed by atoms with Crippen LogP contribution in [-0.4, -0.2) is 41.6 Å². The van der Waals surface area contributed by atoms with Crippen molar-refractivity contribution in [2.45, 2.75) is 18.3 Å². The van der Waals surface area contributed by atoms with E-state index in [-0.39, 0.29) is 29.3 Å². The fourth-order valence-electron chi connectivity index (χ4n) is 2.03. The lowest BCUT2D eigenvalue weighted by Gasteiger charge is -2.33. The molecule has 1 atom stereocenters. The Morgan fingerprint density at radius 3 is 2.55 bits per heavy atom. The summed E-state index contributed by atoms with van der Waals surface area (Å²) in [6, 6.07) is 7.42. The van der Waals surface area contributed by atoms with Gasteiger partial charge in [-0.05, 0) is 18.2 Å². The number of rotatable bonds is 4. The van der Waals surface area contributed by atoms with Gasteiger partial charge in [-0.1, -0.05) is 18.2 Å². The Labute approximate surface area is 125 Å². The van der Waals surface area contributed by atoms with E-state index in [0.717, 1.165) is 0 Å². The highest BCUT2D eigenvalue weighted by atomic mass is 19.4. The molecule has 0 unspecified atom stereocenters. The number of halogens is 3. The smallest absolute Gasteiger partial charge is 0.384 e. The lowest BCUT2D eigenvalue weighted by molar-refractivity contribution is -0.283. The highest BCUT2D eigenvalue weighted by Crippen LogP contribution is 2.38. The van der Waals surface area contributed by atoms with Gasteiger partial charge in [-0.25, -0.2) is 5.01 Å². The quantitative estimate of drug-likeness (QED) is 0.889. The molecule has 0 saturated heterocycles. The molecule has 0 aliphatic carbocycles. The predicted molar refractivity (Wildman–Crippen MR) is 71.3 cm³/mol. The molecule has 22 heavy (non-hydrogen) atoms. The lowest BCUT2D eigenvalue weighted by Crippen LogP contribution is -2.60. The van der Waals surface area contributed by atoms with Gasteiger partial charge < -0.3 is 9.84 Å². The second-order valence-corrected chi connectivity index (χ2v) is 4.75. The van der Waals surface area contributed by atoms with E-state index in [1.165, 1.54) is 31.4 Å². The molecule has 1 amide bonds. The number of ether oxygens (including phenoxy) is 1. The molecular weight excluding hydrogens is 301 g/mol. The first-order chi connectivity index (χ1) is 10.3. The molecule has 0 fully saturated rings. The van der Waals surface area contributed by atoms with E-state index >= 15 is 0 Å². The topological polar surface area (TPSA) is 61.8 Å². The highest BCUT2D eigenvalue weighted by Gasteiger charge is 2.61. The fraction of sp³-hybridized carbons (Fsp3) is 0.357. The van der Waals surface area contributed by atoms with Crippen molar-refractivity contribution in [3.8, 4) is 0 Å². The number of methoxy groups -OCH3 is 1. The third-order valence-electron chi connectivity index (χ3n) is 3.19. The maximum Gasteiger partial charge on any atom is 0.442 e. The van der Waals surface area contributed by atoms with E-state index in [4.69, 9.17) is 4.74 Å². The molecule has 0 bridgehead atoms. The molecule has 0 spiro atoms. The van der Waals surface area contributed by atoms with Crippen molar-refractivity contribution >= 4 is 5.91 Å². The Bertz CT molecular complexity index is 574. The van der Waals surface area contributed by atoms with Gasteiger partial charge in [-0.3, -0.25) is 10.2 Å². The minimum absolute atomic E-state index is 0.0269. The van der Waals surface area contributed by atoms with Crippen LogP contribution in [-0.2, 0) is 4.74 Å². The number of alkyl halides is 3. The van der Waals surface area contributed by atoms with E-state index in [2.05, 4.69) is 5.43 Å². The van der Waals surface area contributed by atoms with Crippen LogP contribution in [0.3, 0.4) is 0 Å². The fourth-order valence-corrected chi connectivity index (χ4v) is 2.03. The first kappa shape index (κ1) is 16.3. The third kappa shape index (κ3) is 2.93. The number of nitrogens with zero attached hydrogens (tertiary/aromatic N) is 1. The van der Waals surface area contributed by atoms with Crippen molar-refractivity contribution < 1.29 is 27.8 Å². The Morgan fingerprint density at radius 2 is 2.00 bits per heavy atom. The first-order valence-electron chi connectivity index (χ1n) is 6.45. The second-order valence-electron chi connectivity index (χ2n) is 4.75. The average Bonchev–Trinajstić information content (AvgIpc) is 2.83. The van der Waals surface area contributed by atoms with Crippen LogP contribution >= 0.6 is 0 Å². The van der Waals surface area contributed by atoms with Gasteiger partial charge in [0.15, 0.2) is 0 Å². The van der Waals surface area contributed by atoms with Crippen molar-refractivity contribution in [3.05, 3.63) is 47.7 Å². The van der Waals surface area contributed by atoms with Crippen LogP contribution in [0.1, 0.15) is 16.8 Å². The Morgan fingerprint density at radius 1 is 1.36 bits per heavy atom. The van der Waals surface area contributed by atoms with E-state index in [9.17, 15) is 23.1 Å². The summed E-state index contributed by atoms with van der Waals surface area (Å²) in [6.07, 6.45) is -4.35. The van der Waals surface area contributed by atoms with Crippen LogP contribution in [0.2, 0.25) is 0 Å². The molecule has 120 valence electrons. The molecule has 1 heterocycles. The maximum absolute atomic E-state index is 13.2. The molecule has 1 aliphatic rings. The van der Waals surface area contributed by atoms with E-state index in [0.29, 0.717) is 6.08 Å². The van der Waals surface area contributed by atoms with Crippen molar-refractivity contribution in [1.82, 2.24) is 10.4 Å². The zero-order chi connectivity index (χ0) is 16.4. The zero-order valence-electron chi connectivity index (χ0n) is 11.7. The number of nitrogens with one attached hydrogen (secondary N) is 1. The summed E-state index contributed by atoms with van der Waals surface area (Å²) in [7, 11) is 1.40. The SMILES string of the molecule is COCCC1=C[C@](O)(C(F)(F)F)N(C(=O)c2ccccc2)N1. The molecule has 2 rings (SSSR count). The first-order valence-corrected chi connectivity index (χ1v) is 6.45. The Hall–Kier alpha value is -2.06. The number of amides is 1. The van der Waals surface area contributed by atoms with E-state index in [1.54, 1.807) is 6.07 Å². The lowest BCUT2D eigenvalue weighted by atomic mass is 10.1. The zero-order valence-corrected chi connectivity index (χ0v) is 11.7. The Balaban J connectivity index is 2.32. The number of hydrazine groups is 1. The molecule has 8 heteroatoms. The number of aliphatic hydroxyl groups is 1. The van der Waals surface area contributed by atoms with E-state index in [1.807, 2.05) is 0 Å². The highest BCUT2D eigenvalue weighted by molar-refractivity contribution is 5.94. The number of carbonyl (C=O) groups excluding carboxylic acids is 1. The van der Waals surface area contributed by atoms with Gasteiger partial charge in [-0.2, -0.15) is 13.2 Å². The van der Waals surface area contributed by atoms with Crippen LogP contribution in [0.15, 0.2) is 42.1 Å². The number of hydrogen-bond acceptors (Lipinski definition) is 4. The normalized spacial score (nSPS) is 21.5. The van der Waals surface area contributed by atoms with E-state index < -0.39 is 17.8 Å². The van der Waals surface area contributed by atoms with Crippen LogP contribution in [0.4, 0.5) is 13.2 Å². The minimum atomic E-state index is -5.04. The minimum Gasteiger partial charge on any atom is -0.384 e. The van der Waals surface area contributed by atoms with Gasteiger partial charge in [0.2, 0.25) is 0 Å². The Kier molecular flexibility index (Phi) is 4.43. The van der Waals surface area contributed by atoms with Gasteiger partial charge >= 0.3 is 6.18 Å². The molecule has 1 aromatic rings. The molecule has 0 saturated carbocycles. The summed E-state index contributed by atoms with van der Waals surface area (Å²) in [5.74, 6) is -0.982. The van der Waals surface area contributed by atoms with Crippen molar-refractivity contribution in [1.29, 1.82) is 0 Å². The standard InChI is InChI=1S/C14H15F3N2O3/c1-22-8-7-11-9-13(21,14(15,16)17)19(18-11)12(20)10-5-3-2-4-6-10/h2-6,9,18,21H,7-8H2,1H3/t13-/m0/s1. The van der Waals surface area contributed by atoms with Crippen molar-refractivity contribution in [2.24, 2.45) is 0 Å². The monoisotopic (exact) mass is 316 g/mol. The van der Waals surface area contributed by atoms with Crippen LogP contribution in [0.25, 0.3) is 0 Å². The second kappa shape index (κ2) is 5.98. The summed E-state index contributed by atoms with van der Waals surface area (Å²) in [5, 5.41) is 10.2. The molecule has 1 aromatic carbocycles. The number of benzene rings is 1. The van der Waals surface area contributed by atoms with Gasteiger partial charge in [0, 0.05) is 24.8 Å². The molecule has 0 aromatic heterocycles. The number of carbonyl (C=O) groups is 1. The predicted octanol–water partition coefficient (Wildman–Crippen LogP) is 1.82. The molecule has 2 N–H and O–H groups in total. The molecule has 1 aliphatic heterocycles.